The number of likely N-dealkylation sites (tertiary alicyclic amines) is 1. The van der Waals surface area contributed by atoms with Gasteiger partial charge in [-0.05, 0) is 55.1 Å². The number of rotatable bonds is 5. The van der Waals surface area contributed by atoms with Gasteiger partial charge >= 0.3 is 0 Å². The second-order valence-electron chi connectivity index (χ2n) is 8.65. The van der Waals surface area contributed by atoms with Crippen molar-refractivity contribution in [3.63, 3.8) is 0 Å². The summed E-state index contributed by atoms with van der Waals surface area (Å²) in [5.41, 5.74) is 8.59. The van der Waals surface area contributed by atoms with Gasteiger partial charge in [0.15, 0.2) is 0 Å². The Balaban J connectivity index is 1.27. The number of nitrogens with zero attached hydrogens (tertiary/aromatic N) is 1. The molecule has 1 saturated heterocycles. The van der Waals surface area contributed by atoms with Crippen molar-refractivity contribution in [2.45, 2.75) is 64.1 Å². The van der Waals surface area contributed by atoms with Crippen LogP contribution in [0.2, 0.25) is 0 Å². The lowest BCUT2D eigenvalue weighted by atomic mass is 9.65. The molecule has 0 radical (unpaired) electrons. The van der Waals surface area contributed by atoms with Gasteiger partial charge in [0.05, 0.1) is 0 Å². The summed E-state index contributed by atoms with van der Waals surface area (Å²) in [6.45, 7) is 2.12. The third-order valence-electron chi connectivity index (χ3n) is 6.82. The maximum Gasteiger partial charge on any atom is 0.223 e. The minimum atomic E-state index is 0.126. The van der Waals surface area contributed by atoms with Crippen LogP contribution in [0.1, 0.15) is 56.1 Å². The minimum absolute atomic E-state index is 0.126. The lowest BCUT2D eigenvalue weighted by Gasteiger charge is -2.43. The minimum Gasteiger partial charge on any atom is -0.352 e. The zero-order valence-corrected chi connectivity index (χ0v) is 16.0. The van der Waals surface area contributed by atoms with E-state index >= 15 is 0 Å². The number of carbonyl (C=O) groups excluding carboxylic acids is 2. The lowest BCUT2D eigenvalue weighted by Crippen LogP contribution is -2.49. The Kier molecular flexibility index (Phi) is 5.48. The molecule has 5 nitrogen and oxygen atoms in total. The van der Waals surface area contributed by atoms with Gasteiger partial charge in [-0.3, -0.25) is 9.59 Å². The number of amides is 2. The fourth-order valence-electron chi connectivity index (χ4n) is 5.19. The molecule has 3 fully saturated rings. The number of nitrogens with one attached hydrogen (secondary N) is 1. The molecule has 4 rings (SSSR count). The number of nitrogens with two attached hydrogens (primary N) is 1. The molecule has 2 aliphatic carbocycles. The molecule has 2 amide bonds. The van der Waals surface area contributed by atoms with E-state index in [4.69, 9.17) is 5.73 Å². The molecule has 3 aliphatic rings. The van der Waals surface area contributed by atoms with E-state index in [2.05, 4.69) is 29.6 Å². The first-order valence-electron chi connectivity index (χ1n) is 10.5. The van der Waals surface area contributed by atoms with Gasteiger partial charge in [-0.2, -0.15) is 0 Å². The van der Waals surface area contributed by atoms with E-state index in [1.54, 1.807) is 0 Å². The maximum atomic E-state index is 12.6. The van der Waals surface area contributed by atoms with E-state index in [0.717, 1.165) is 36.9 Å². The Labute approximate surface area is 161 Å². The summed E-state index contributed by atoms with van der Waals surface area (Å²) >= 11 is 0. The van der Waals surface area contributed by atoms with Crippen molar-refractivity contribution in [3.8, 4) is 0 Å². The highest BCUT2D eigenvalue weighted by Gasteiger charge is 2.40. The molecule has 5 heteroatoms. The molecule has 1 heterocycles. The standard InChI is InChI=1S/C22H31N3O2/c23-21-17-3-1-4-18(21)12-19(11-17)22(27)24-13-15-6-8-16(9-7-15)14-25-10-2-5-20(25)26/h6-9,17-19,21H,1-5,10-14,23H2,(H,24,27). The predicted molar refractivity (Wildman–Crippen MR) is 104 cm³/mol. The SMILES string of the molecule is NC1C2CCCC1CC(C(=O)NCc1ccc(CN3CCCC3=O)cc1)C2. The molecule has 1 aliphatic heterocycles. The molecule has 2 atom stereocenters. The molecule has 3 N–H and O–H groups in total. The molecule has 0 spiro atoms. The molecule has 2 saturated carbocycles. The van der Waals surface area contributed by atoms with E-state index in [1.165, 1.54) is 19.3 Å². The zero-order chi connectivity index (χ0) is 18.8. The zero-order valence-electron chi connectivity index (χ0n) is 16.0. The van der Waals surface area contributed by atoms with Crippen molar-refractivity contribution in [3.05, 3.63) is 35.4 Å². The van der Waals surface area contributed by atoms with E-state index in [9.17, 15) is 9.59 Å². The first kappa shape index (κ1) is 18.5. The van der Waals surface area contributed by atoms with Gasteiger partial charge in [0.2, 0.25) is 11.8 Å². The Morgan fingerprint density at radius 3 is 2.37 bits per heavy atom. The normalized spacial score (nSPS) is 30.4. The van der Waals surface area contributed by atoms with Gasteiger partial charge < -0.3 is 16.0 Å². The number of benzene rings is 1. The molecule has 27 heavy (non-hydrogen) atoms. The van der Waals surface area contributed by atoms with Crippen molar-refractivity contribution in [1.29, 1.82) is 0 Å². The number of hydrogen-bond acceptors (Lipinski definition) is 3. The number of carbonyl (C=O) groups is 2. The highest BCUT2D eigenvalue weighted by Crippen LogP contribution is 2.41. The van der Waals surface area contributed by atoms with Crippen LogP contribution < -0.4 is 11.1 Å². The van der Waals surface area contributed by atoms with Crippen molar-refractivity contribution in [2.75, 3.05) is 6.54 Å². The predicted octanol–water partition coefficient (Wildman–Crippen LogP) is 2.58. The van der Waals surface area contributed by atoms with Gasteiger partial charge in [0, 0.05) is 38.0 Å². The van der Waals surface area contributed by atoms with Crippen LogP contribution in [0.3, 0.4) is 0 Å². The van der Waals surface area contributed by atoms with Crippen molar-refractivity contribution in [1.82, 2.24) is 10.2 Å². The van der Waals surface area contributed by atoms with Crippen LogP contribution in [0.4, 0.5) is 0 Å². The summed E-state index contributed by atoms with van der Waals surface area (Å²) in [4.78, 5) is 26.3. The summed E-state index contributed by atoms with van der Waals surface area (Å²) in [6, 6.07) is 8.55. The van der Waals surface area contributed by atoms with Gasteiger partial charge in [0.25, 0.3) is 0 Å². The van der Waals surface area contributed by atoms with Crippen LogP contribution >= 0.6 is 0 Å². The Bertz CT molecular complexity index is 673. The Morgan fingerprint density at radius 2 is 1.74 bits per heavy atom. The first-order valence-corrected chi connectivity index (χ1v) is 10.5. The maximum absolute atomic E-state index is 12.6. The molecule has 146 valence electrons. The van der Waals surface area contributed by atoms with Crippen molar-refractivity contribution < 1.29 is 9.59 Å². The summed E-state index contributed by atoms with van der Waals surface area (Å²) in [5, 5.41) is 3.13. The monoisotopic (exact) mass is 369 g/mol. The fraction of sp³-hybridized carbons (Fsp3) is 0.636. The summed E-state index contributed by atoms with van der Waals surface area (Å²) in [5.74, 6) is 1.62. The quantitative estimate of drug-likeness (QED) is 0.838. The third kappa shape index (κ3) is 4.18. The van der Waals surface area contributed by atoms with Crippen molar-refractivity contribution in [2.24, 2.45) is 23.5 Å². The molecule has 1 aromatic carbocycles. The lowest BCUT2D eigenvalue weighted by molar-refractivity contribution is -0.128. The van der Waals surface area contributed by atoms with Gasteiger partial charge in [0.1, 0.15) is 0 Å². The second kappa shape index (κ2) is 8.01. The van der Waals surface area contributed by atoms with Crippen LogP contribution in [-0.4, -0.2) is 29.3 Å². The van der Waals surface area contributed by atoms with Crippen LogP contribution in [-0.2, 0) is 22.7 Å². The molecular weight excluding hydrogens is 338 g/mol. The smallest absolute Gasteiger partial charge is 0.223 e. The highest BCUT2D eigenvalue weighted by atomic mass is 16.2. The number of fused-ring (bicyclic) bond motifs is 2. The van der Waals surface area contributed by atoms with E-state index < -0.39 is 0 Å². The van der Waals surface area contributed by atoms with Crippen LogP contribution in [0.15, 0.2) is 24.3 Å². The second-order valence-corrected chi connectivity index (χ2v) is 8.65. The topological polar surface area (TPSA) is 75.4 Å². The summed E-state index contributed by atoms with van der Waals surface area (Å²) in [7, 11) is 0. The fourth-order valence-corrected chi connectivity index (χ4v) is 5.19. The molecular formula is C22H31N3O2. The largest absolute Gasteiger partial charge is 0.352 e. The summed E-state index contributed by atoms with van der Waals surface area (Å²) in [6.07, 6.45) is 7.19. The van der Waals surface area contributed by atoms with Crippen molar-refractivity contribution >= 4 is 11.8 Å². The van der Waals surface area contributed by atoms with Crippen LogP contribution in [0, 0.1) is 17.8 Å². The van der Waals surface area contributed by atoms with Crippen LogP contribution in [0.5, 0.6) is 0 Å². The van der Waals surface area contributed by atoms with Gasteiger partial charge in [-0.15, -0.1) is 0 Å². The van der Waals surface area contributed by atoms with E-state index in [-0.39, 0.29) is 17.7 Å². The average Bonchev–Trinajstić information content (AvgIpc) is 3.05. The Morgan fingerprint density at radius 1 is 1.07 bits per heavy atom. The number of hydrogen-bond donors (Lipinski definition) is 2. The van der Waals surface area contributed by atoms with Crippen LogP contribution in [0.25, 0.3) is 0 Å². The highest BCUT2D eigenvalue weighted by molar-refractivity contribution is 5.79. The molecule has 1 aromatic rings. The third-order valence-corrected chi connectivity index (χ3v) is 6.82. The van der Waals surface area contributed by atoms with Gasteiger partial charge in [-0.25, -0.2) is 0 Å². The average molecular weight is 370 g/mol. The van der Waals surface area contributed by atoms with E-state index in [1.807, 2.05) is 4.90 Å². The molecule has 2 unspecified atom stereocenters. The molecule has 2 bridgehead atoms. The Hall–Kier alpha value is -1.88. The summed E-state index contributed by atoms with van der Waals surface area (Å²) < 4.78 is 0. The molecule has 0 aromatic heterocycles. The first-order chi connectivity index (χ1) is 13.1. The van der Waals surface area contributed by atoms with E-state index in [0.29, 0.717) is 37.4 Å². The van der Waals surface area contributed by atoms with Gasteiger partial charge in [-0.1, -0.05) is 30.7 Å².